The van der Waals surface area contributed by atoms with Crippen LogP contribution in [0.25, 0.3) is 11.3 Å². The van der Waals surface area contributed by atoms with E-state index < -0.39 is 0 Å². The van der Waals surface area contributed by atoms with Crippen molar-refractivity contribution in [2.45, 2.75) is 83.2 Å². The first-order valence-corrected chi connectivity index (χ1v) is 12.7. The number of carbonyl (C=O) groups excluding carboxylic acids is 1. The predicted octanol–water partition coefficient (Wildman–Crippen LogP) is 5.79. The summed E-state index contributed by atoms with van der Waals surface area (Å²) in [4.78, 5) is 26.5. The molecule has 0 radical (unpaired) electrons. The maximum Gasteiger partial charge on any atom is 0.257 e. The van der Waals surface area contributed by atoms with Crippen LogP contribution in [0.1, 0.15) is 81.5 Å². The molecule has 4 heteroatoms. The Labute approximate surface area is 191 Å². The van der Waals surface area contributed by atoms with E-state index >= 15 is 0 Å². The summed E-state index contributed by atoms with van der Waals surface area (Å²) in [5.41, 5.74) is 1.97. The topological polar surface area (TPSA) is 51.1 Å². The monoisotopic (exact) mass is 432 g/mol. The normalized spacial score (nSPS) is 28.1. The minimum absolute atomic E-state index is 0.0810. The van der Waals surface area contributed by atoms with Gasteiger partial charge in [0, 0.05) is 24.3 Å². The molecule has 170 valence electrons. The Morgan fingerprint density at radius 1 is 1.00 bits per heavy atom. The molecule has 0 spiro atoms. The van der Waals surface area contributed by atoms with Gasteiger partial charge in [0.2, 0.25) is 0 Å². The first-order valence-electron chi connectivity index (χ1n) is 12.7. The third kappa shape index (κ3) is 4.29. The van der Waals surface area contributed by atoms with Crippen LogP contribution in [0.2, 0.25) is 0 Å². The van der Waals surface area contributed by atoms with Gasteiger partial charge in [-0.15, -0.1) is 0 Å². The number of nitrogens with one attached hydrogen (secondary N) is 1. The van der Waals surface area contributed by atoms with Crippen molar-refractivity contribution in [3.8, 4) is 11.3 Å². The third-order valence-electron chi connectivity index (χ3n) is 8.11. The van der Waals surface area contributed by atoms with Gasteiger partial charge in [0.05, 0.1) is 5.69 Å². The van der Waals surface area contributed by atoms with E-state index in [1.807, 2.05) is 36.5 Å². The Morgan fingerprint density at radius 2 is 1.66 bits per heavy atom. The summed E-state index contributed by atoms with van der Waals surface area (Å²) in [5, 5.41) is 3.39. The summed E-state index contributed by atoms with van der Waals surface area (Å²) < 4.78 is 2.13. The molecule has 1 aromatic heterocycles. The molecule has 1 aromatic carbocycles. The number of aromatic nitrogens is 1. The van der Waals surface area contributed by atoms with E-state index in [2.05, 4.69) is 16.8 Å². The Balaban J connectivity index is 1.42. The zero-order valence-corrected chi connectivity index (χ0v) is 19.3. The van der Waals surface area contributed by atoms with Crippen molar-refractivity contribution in [2.75, 3.05) is 0 Å². The van der Waals surface area contributed by atoms with Crippen LogP contribution < -0.4 is 10.7 Å². The molecule has 32 heavy (non-hydrogen) atoms. The summed E-state index contributed by atoms with van der Waals surface area (Å²) in [6.45, 7) is 3.03. The summed E-state index contributed by atoms with van der Waals surface area (Å²) in [6, 6.07) is 11.7. The zero-order valence-electron chi connectivity index (χ0n) is 19.3. The largest absolute Gasteiger partial charge is 0.346 e. The quantitative estimate of drug-likeness (QED) is 0.537. The first-order chi connectivity index (χ1) is 15.5. The number of aryl methyl sites for hydroxylation is 1. The van der Waals surface area contributed by atoms with Gasteiger partial charge in [-0.25, -0.2) is 0 Å². The number of amides is 1. The average Bonchev–Trinajstić information content (AvgIpc) is 2.76. The molecule has 0 atom stereocenters. The van der Waals surface area contributed by atoms with Gasteiger partial charge < -0.3 is 9.88 Å². The number of hydrogen-bond acceptors (Lipinski definition) is 2. The molecule has 1 N–H and O–H groups in total. The van der Waals surface area contributed by atoms with Crippen LogP contribution in [-0.4, -0.2) is 16.0 Å². The highest BCUT2D eigenvalue weighted by Gasteiger charge is 2.51. The molecule has 0 saturated heterocycles. The molecular weight excluding hydrogens is 396 g/mol. The highest BCUT2D eigenvalue weighted by Crippen LogP contribution is 2.55. The van der Waals surface area contributed by atoms with Crippen molar-refractivity contribution >= 4 is 5.91 Å². The van der Waals surface area contributed by atoms with Gasteiger partial charge in [0.25, 0.3) is 5.91 Å². The predicted molar refractivity (Wildman–Crippen MR) is 129 cm³/mol. The maximum absolute atomic E-state index is 13.4. The Kier molecular flexibility index (Phi) is 5.96. The van der Waals surface area contributed by atoms with Gasteiger partial charge in [0.1, 0.15) is 5.56 Å². The van der Waals surface area contributed by atoms with Gasteiger partial charge in [0.15, 0.2) is 5.43 Å². The van der Waals surface area contributed by atoms with Gasteiger partial charge >= 0.3 is 0 Å². The second kappa shape index (κ2) is 8.88. The molecule has 4 saturated carbocycles. The molecule has 6 rings (SSSR count). The molecule has 0 unspecified atom stereocenters. The fourth-order valence-electron chi connectivity index (χ4n) is 7.07. The van der Waals surface area contributed by atoms with Crippen molar-refractivity contribution in [2.24, 2.45) is 17.8 Å². The fraction of sp³-hybridized carbons (Fsp3) is 0.571. The van der Waals surface area contributed by atoms with E-state index in [1.165, 1.54) is 32.1 Å². The molecule has 4 aliphatic rings. The fourth-order valence-corrected chi connectivity index (χ4v) is 7.07. The number of hydrogen-bond donors (Lipinski definition) is 1. The lowest BCUT2D eigenvalue weighted by atomic mass is 9.53. The lowest BCUT2D eigenvalue weighted by Gasteiger charge is -2.56. The van der Waals surface area contributed by atoms with Crippen LogP contribution in [0.3, 0.4) is 0 Å². The van der Waals surface area contributed by atoms with Crippen molar-refractivity contribution in [3.63, 3.8) is 0 Å². The minimum atomic E-state index is -0.170. The molecule has 4 aliphatic carbocycles. The Hall–Kier alpha value is -2.36. The van der Waals surface area contributed by atoms with Gasteiger partial charge in [-0.3, -0.25) is 9.59 Å². The van der Waals surface area contributed by atoms with E-state index in [1.54, 1.807) is 6.07 Å². The number of nitrogens with zero attached hydrogens (tertiary/aromatic N) is 1. The van der Waals surface area contributed by atoms with Crippen LogP contribution in [-0.2, 0) is 6.54 Å². The standard InChI is InChI=1S/C28H36N2O2/c1-2-3-4-8-11-30-19-24(26(31)15-25(30)23-9-6-5-7-10-23)27(32)29-28-16-20-12-21(17-28)14-22(13-20)18-28/h5-7,9-10,15,19-22H,2-4,8,11-14,16-18H2,1H3,(H,29,32). The second-order valence-corrected chi connectivity index (χ2v) is 10.7. The van der Waals surface area contributed by atoms with E-state index in [0.717, 1.165) is 67.7 Å². The van der Waals surface area contributed by atoms with Gasteiger partial charge in [-0.1, -0.05) is 56.5 Å². The Bertz CT molecular complexity index is 988. The van der Waals surface area contributed by atoms with E-state index in [0.29, 0.717) is 5.56 Å². The van der Waals surface area contributed by atoms with Crippen molar-refractivity contribution in [1.29, 1.82) is 0 Å². The Morgan fingerprint density at radius 3 is 2.28 bits per heavy atom. The molecule has 4 nitrogen and oxygen atoms in total. The molecular formula is C28H36N2O2. The third-order valence-corrected chi connectivity index (χ3v) is 8.11. The highest BCUT2D eigenvalue weighted by molar-refractivity contribution is 5.94. The smallest absolute Gasteiger partial charge is 0.257 e. The van der Waals surface area contributed by atoms with Crippen LogP contribution >= 0.6 is 0 Å². The number of pyridine rings is 1. The van der Waals surface area contributed by atoms with Crippen LogP contribution in [0, 0.1) is 17.8 Å². The van der Waals surface area contributed by atoms with Crippen molar-refractivity contribution in [1.82, 2.24) is 9.88 Å². The molecule has 2 aromatic rings. The molecule has 4 fully saturated rings. The highest BCUT2D eigenvalue weighted by atomic mass is 16.2. The summed E-state index contributed by atoms with van der Waals surface area (Å²) in [6.07, 6.45) is 13.7. The number of rotatable bonds is 8. The summed E-state index contributed by atoms with van der Waals surface area (Å²) in [7, 11) is 0. The second-order valence-electron chi connectivity index (χ2n) is 10.7. The van der Waals surface area contributed by atoms with E-state index in [9.17, 15) is 9.59 Å². The first kappa shape index (κ1) is 21.5. The molecule has 1 heterocycles. The lowest BCUT2D eigenvalue weighted by Crippen LogP contribution is -2.60. The summed E-state index contributed by atoms with van der Waals surface area (Å²) >= 11 is 0. The maximum atomic E-state index is 13.4. The number of unbranched alkanes of at least 4 members (excludes halogenated alkanes) is 3. The average molecular weight is 433 g/mol. The van der Waals surface area contributed by atoms with Crippen LogP contribution in [0.15, 0.2) is 47.4 Å². The SMILES string of the molecule is CCCCCCn1cc(C(=O)NC23CC4CC(CC(C4)C2)C3)c(=O)cc1-c1ccccc1. The molecule has 0 aliphatic heterocycles. The minimum Gasteiger partial charge on any atom is -0.346 e. The summed E-state index contributed by atoms with van der Waals surface area (Å²) in [5.74, 6) is 2.12. The molecule has 4 bridgehead atoms. The molecule has 1 amide bonds. The number of benzene rings is 1. The van der Waals surface area contributed by atoms with Crippen LogP contribution in [0.4, 0.5) is 0 Å². The lowest BCUT2D eigenvalue weighted by molar-refractivity contribution is -0.0167. The van der Waals surface area contributed by atoms with Crippen molar-refractivity contribution < 1.29 is 4.79 Å². The van der Waals surface area contributed by atoms with Gasteiger partial charge in [-0.2, -0.15) is 0 Å². The van der Waals surface area contributed by atoms with Gasteiger partial charge in [-0.05, 0) is 68.3 Å². The zero-order chi connectivity index (χ0) is 22.1. The number of carbonyl (C=O) groups is 1. The van der Waals surface area contributed by atoms with Crippen LogP contribution in [0.5, 0.6) is 0 Å². The van der Waals surface area contributed by atoms with Crippen molar-refractivity contribution in [3.05, 3.63) is 58.4 Å². The van der Waals surface area contributed by atoms with E-state index in [4.69, 9.17) is 0 Å². The van der Waals surface area contributed by atoms with E-state index in [-0.39, 0.29) is 16.9 Å².